The standard InChI is InChI=1S/C13H9F2N/c14-11-7-5-10(6-8-11)9-16-13-4-2-1-3-12(13)15/h1-9H/b16-9+. The van der Waals surface area contributed by atoms with Crippen LogP contribution < -0.4 is 0 Å². The number of halogens is 2. The molecule has 80 valence electrons. The van der Waals surface area contributed by atoms with Crippen molar-refractivity contribution in [3.63, 3.8) is 0 Å². The van der Waals surface area contributed by atoms with Crippen LogP contribution in [0.25, 0.3) is 0 Å². The summed E-state index contributed by atoms with van der Waals surface area (Å²) in [6, 6.07) is 12.1. The molecule has 0 heterocycles. The second-order valence-corrected chi connectivity index (χ2v) is 3.26. The number of nitrogens with zero attached hydrogens (tertiary/aromatic N) is 1. The van der Waals surface area contributed by atoms with Crippen LogP contribution in [0.15, 0.2) is 53.5 Å². The van der Waals surface area contributed by atoms with E-state index in [4.69, 9.17) is 0 Å². The molecule has 0 atom stereocenters. The maximum atomic E-state index is 13.2. The van der Waals surface area contributed by atoms with Crippen LogP contribution in [0.4, 0.5) is 14.5 Å². The van der Waals surface area contributed by atoms with Gasteiger partial charge in [-0.1, -0.05) is 24.3 Å². The molecule has 0 N–H and O–H groups in total. The van der Waals surface area contributed by atoms with Crippen LogP contribution in [-0.4, -0.2) is 6.21 Å². The summed E-state index contributed by atoms with van der Waals surface area (Å²) in [5.74, 6) is -0.677. The van der Waals surface area contributed by atoms with Gasteiger partial charge in [-0.3, -0.25) is 4.99 Å². The highest BCUT2D eigenvalue weighted by Crippen LogP contribution is 2.16. The summed E-state index contributed by atoms with van der Waals surface area (Å²) < 4.78 is 25.8. The lowest BCUT2D eigenvalue weighted by atomic mass is 10.2. The summed E-state index contributed by atoms with van der Waals surface area (Å²) in [7, 11) is 0. The van der Waals surface area contributed by atoms with E-state index in [-0.39, 0.29) is 17.3 Å². The maximum absolute atomic E-state index is 13.2. The van der Waals surface area contributed by atoms with E-state index in [1.54, 1.807) is 30.3 Å². The van der Waals surface area contributed by atoms with Crippen molar-refractivity contribution in [1.29, 1.82) is 0 Å². The topological polar surface area (TPSA) is 12.4 Å². The number of hydrogen-bond acceptors (Lipinski definition) is 1. The predicted molar refractivity (Wildman–Crippen MR) is 60.1 cm³/mol. The largest absolute Gasteiger partial charge is 0.253 e. The van der Waals surface area contributed by atoms with E-state index in [0.29, 0.717) is 0 Å². The van der Waals surface area contributed by atoms with Gasteiger partial charge in [0.05, 0.1) is 5.69 Å². The van der Waals surface area contributed by atoms with Gasteiger partial charge in [-0.2, -0.15) is 0 Å². The van der Waals surface area contributed by atoms with Crippen LogP contribution >= 0.6 is 0 Å². The lowest BCUT2D eigenvalue weighted by Gasteiger charge is -1.95. The fraction of sp³-hybridized carbons (Fsp3) is 0. The molecule has 0 saturated heterocycles. The van der Waals surface area contributed by atoms with E-state index in [0.717, 1.165) is 5.56 Å². The monoisotopic (exact) mass is 217 g/mol. The molecule has 0 saturated carbocycles. The minimum absolute atomic E-state index is 0.270. The van der Waals surface area contributed by atoms with Crippen molar-refractivity contribution in [3.8, 4) is 0 Å². The highest BCUT2D eigenvalue weighted by atomic mass is 19.1. The van der Waals surface area contributed by atoms with Gasteiger partial charge in [0.1, 0.15) is 11.6 Å². The third kappa shape index (κ3) is 2.51. The molecular weight excluding hydrogens is 208 g/mol. The first-order valence-electron chi connectivity index (χ1n) is 4.80. The predicted octanol–water partition coefficient (Wildman–Crippen LogP) is 3.72. The summed E-state index contributed by atoms with van der Waals surface area (Å²) in [4.78, 5) is 3.98. The Bertz CT molecular complexity index is 504. The van der Waals surface area contributed by atoms with Crippen LogP contribution in [0.1, 0.15) is 5.56 Å². The molecule has 16 heavy (non-hydrogen) atoms. The minimum Gasteiger partial charge on any atom is -0.253 e. The number of benzene rings is 2. The SMILES string of the molecule is Fc1ccc(/C=N/c2ccccc2F)cc1. The fourth-order valence-electron chi connectivity index (χ4n) is 1.25. The van der Waals surface area contributed by atoms with E-state index in [1.165, 1.54) is 24.4 Å². The molecule has 3 heteroatoms. The first-order chi connectivity index (χ1) is 7.75. The number of hydrogen-bond donors (Lipinski definition) is 0. The molecule has 0 unspecified atom stereocenters. The minimum atomic E-state index is -0.374. The van der Waals surface area contributed by atoms with Crippen molar-refractivity contribution >= 4 is 11.9 Å². The maximum Gasteiger partial charge on any atom is 0.148 e. The van der Waals surface area contributed by atoms with Crippen LogP contribution in [0.3, 0.4) is 0 Å². The van der Waals surface area contributed by atoms with Crippen molar-refractivity contribution in [2.24, 2.45) is 4.99 Å². The first-order valence-corrected chi connectivity index (χ1v) is 4.80. The summed E-state index contributed by atoms with van der Waals surface area (Å²) >= 11 is 0. The zero-order valence-electron chi connectivity index (χ0n) is 8.40. The van der Waals surface area contributed by atoms with Crippen LogP contribution in [0.5, 0.6) is 0 Å². The second kappa shape index (κ2) is 4.66. The Balaban J connectivity index is 2.21. The van der Waals surface area contributed by atoms with Crippen molar-refractivity contribution in [2.75, 3.05) is 0 Å². The Morgan fingerprint density at radius 1 is 0.875 bits per heavy atom. The highest BCUT2D eigenvalue weighted by Gasteiger charge is 1.96. The fourth-order valence-corrected chi connectivity index (χ4v) is 1.25. The molecule has 2 aromatic carbocycles. The molecule has 0 fully saturated rings. The quantitative estimate of drug-likeness (QED) is 0.680. The number of rotatable bonds is 2. The average Bonchev–Trinajstić information content (AvgIpc) is 2.30. The smallest absolute Gasteiger partial charge is 0.148 e. The van der Waals surface area contributed by atoms with Crippen LogP contribution in [-0.2, 0) is 0 Å². The van der Waals surface area contributed by atoms with E-state index < -0.39 is 0 Å². The Morgan fingerprint density at radius 2 is 1.56 bits per heavy atom. The Hall–Kier alpha value is -2.03. The van der Waals surface area contributed by atoms with Crippen molar-refractivity contribution in [3.05, 3.63) is 65.7 Å². The molecule has 0 bridgehead atoms. The van der Waals surface area contributed by atoms with Gasteiger partial charge in [-0.05, 0) is 29.8 Å². The van der Waals surface area contributed by atoms with Gasteiger partial charge in [0.25, 0.3) is 0 Å². The first kappa shape index (κ1) is 10.5. The zero-order valence-corrected chi connectivity index (χ0v) is 8.40. The normalized spacial score (nSPS) is 10.9. The van der Waals surface area contributed by atoms with Crippen molar-refractivity contribution < 1.29 is 8.78 Å². The van der Waals surface area contributed by atoms with Gasteiger partial charge in [0, 0.05) is 6.21 Å². The van der Waals surface area contributed by atoms with Gasteiger partial charge < -0.3 is 0 Å². The Morgan fingerprint density at radius 3 is 2.25 bits per heavy atom. The van der Waals surface area contributed by atoms with E-state index in [2.05, 4.69) is 4.99 Å². The molecule has 0 aliphatic carbocycles. The van der Waals surface area contributed by atoms with E-state index in [9.17, 15) is 8.78 Å². The Kier molecular flexibility index (Phi) is 3.05. The molecule has 0 aromatic heterocycles. The van der Waals surface area contributed by atoms with Crippen LogP contribution in [0.2, 0.25) is 0 Å². The summed E-state index contributed by atoms with van der Waals surface area (Å²) in [6.45, 7) is 0. The van der Waals surface area contributed by atoms with Gasteiger partial charge in [0.2, 0.25) is 0 Å². The second-order valence-electron chi connectivity index (χ2n) is 3.26. The summed E-state index contributed by atoms with van der Waals surface area (Å²) in [5.41, 5.74) is 0.997. The number of aliphatic imine (C=N–C) groups is 1. The lowest BCUT2D eigenvalue weighted by Crippen LogP contribution is -1.82. The van der Waals surface area contributed by atoms with Gasteiger partial charge in [-0.15, -0.1) is 0 Å². The van der Waals surface area contributed by atoms with Gasteiger partial charge >= 0.3 is 0 Å². The summed E-state index contributed by atoms with van der Waals surface area (Å²) in [6.07, 6.45) is 1.50. The van der Waals surface area contributed by atoms with Crippen LogP contribution in [0, 0.1) is 11.6 Å². The summed E-state index contributed by atoms with van der Waals surface area (Å²) in [5, 5.41) is 0. The van der Waals surface area contributed by atoms with Gasteiger partial charge in [0.15, 0.2) is 0 Å². The third-order valence-electron chi connectivity index (χ3n) is 2.08. The molecule has 0 aliphatic heterocycles. The average molecular weight is 217 g/mol. The highest BCUT2D eigenvalue weighted by molar-refractivity contribution is 5.81. The molecule has 0 aliphatic rings. The molecule has 0 amide bonds. The Labute approximate surface area is 92.1 Å². The van der Waals surface area contributed by atoms with Crippen molar-refractivity contribution in [2.45, 2.75) is 0 Å². The molecule has 2 rings (SSSR count). The molecule has 0 spiro atoms. The molecule has 1 nitrogen and oxygen atoms in total. The van der Waals surface area contributed by atoms with E-state index >= 15 is 0 Å². The van der Waals surface area contributed by atoms with Gasteiger partial charge in [-0.25, -0.2) is 8.78 Å². The third-order valence-corrected chi connectivity index (χ3v) is 2.08. The molecule has 2 aromatic rings. The lowest BCUT2D eigenvalue weighted by molar-refractivity contribution is 0.627. The van der Waals surface area contributed by atoms with Crippen molar-refractivity contribution in [1.82, 2.24) is 0 Å². The molecular formula is C13H9F2N. The number of para-hydroxylation sites is 1. The zero-order chi connectivity index (χ0) is 11.4. The van der Waals surface area contributed by atoms with E-state index in [1.807, 2.05) is 0 Å². The molecule has 0 radical (unpaired) electrons.